The molecule has 184 valence electrons. The van der Waals surface area contributed by atoms with Gasteiger partial charge in [0.1, 0.15) is 24.1 Å². The van der Waals surface area contributed by atoms with Crippen LogP contribution < -0.4 is 14.8 Å². The number of hydrogen-bond donors (Lipinski definition) is 1. The van der Waals surface area contributed by atoms with Crippen molar-refractivity contribution in [1.29, 1.82) is 5.26 Å². The molecule has 0 aromatic heterocycles. The van der Waals surface area contributed by atoms with Gasteiger partial charge in [-0.05, 0) is 72.7 Å². The fraction of sp³-hybridized carbons (Fsp3) is 0.148. The summed E-state index contributed by atoms with van der Waals surface area (Å²) < 4.78 is 29.3. The van der Waals surface area contributed by atoms with Crippen molar-refractivity contribution >= 4 is 35.2 Å². The van der Waals surface area contributed by atoms with E-state index in [1.165, 1.54) is 49.6 Å². The van der Waals surface area contributed by atoms with Gasteiger partial charge in [-0.3, -0.25) is 4.79 Å². The molecule has 7 nitrogen and oxygen atoms in total. The molecule has 0 atom stereocenters. The summed E-state index contributed by atoms with van der Waals surface area (Å²) >= 11 is 6.43. The van der Waals surface area contributed by atoms with Gasteiger partial charge in [-0.25, -0.2) is 9.18 Å². The van der Waals surface area contributed by atoms with Crippen molar-refractivity contribution in [3.05, 3.63) is 93.8 Å². The number of rotatable bonds is 9. The minimum atomic E-state index is -0.644. The third-order valence-electron chi connectivity index (χ3n) is 4.87. The summed E-state index contributed by atoms with van der Waals surface area (Å²) in [4.78, 5) is 24.2. The van der Waals surface area contributed by atoms with Crippen LogP contribution in [0.1, 0.15) is 28.4 Å². The summed E-state index contributed by atoms with van der Waals surface area (Å²) in [6.45, 7) is 2.25. The maximum atomic E-state index is 13.1. The molecule has 0 saturated heterocycles. The molecule has 0 saturated carbocycles. The highest BCUT2D eigenvalue weighted by atomic mass is 35.5. The van der Waals surface area contributed by atoms with Gasteiger partial charge in [0.15, 0.2) is 11.5 Å². The third kappa shape index (κ3) is 6.84. The van der Waals surface area contributed by atoms with Crippen LogP contribution in [-0.2, 0) is 16.1 Å². The number of amides is 1. The highest BCUT2D eigenvalue weighted by Crippen LogP contribution is 2.38. The molecule has 1 N–H and O–H groups in total. The molecule has 3 rings (SSSR count). The second-order valence-corrected chi connectivity index (χ2v) is 7.78. The normalized spacial score (nSPS) is 10.8. The number of esters is 1. The summed E-state index contributed by atoms with van der Waals surface area (Å²) in [6.07, 6.45) is 1.37. The first-order valence-corrected chi connectivity index (χ1v) is 11.2. The number of nitrogens with zero attached hydrogens (tertiary/aromatic N) is 1. The molecule has 0 spiro atoms. The molecule has 36 heavy (non-hydrogen) atoms. The van der Waals surface area contributed by atoms with Crippen LogP contribution in [0, 0.1) is 17.1 Å². The molecule has 0 aliphatic rings. The Morgan fingerprint density at radius 2 is 1.78 bits per heavy atom. The Labute approximate surface area is 212 Å². The van der Waals surface area contributed by atoms with Crippen LogP contribution in [0.5, 0.6) is 11.5 Å². The molecule has 0 fully saturated rings. The van der Waals surface area contributed by atoms with E-state index < -0.39 is 11.9 Å². The number of anilines is 1. The average Bonchev–Trinajstić information content (AvgIpc) is 2.88. The number of methoxy groups -OCH3 is 1. The number of benzene rings is 3. The standard InChI is InChI=1S/C27H22ClFN2O5/c1-3-35-24-14-18(13-23(28)25(24)36-16-17-4-8-21(29)9-5-17)12-20(15-30)26(32)31-22-10-6-19(7-11-22)27(33)34-2/h4-14H,3,16H2,1-2H3,(H,31,32)/b20-12+. The van der Waals surface area contributed by atoms with Crippen LogP contribution in [0.4, 0.5) is 10.1 Å². The Morgan fingerprint density at radius 3 is 2.39 bits per heavy atom. The van der Waals surface area contributed by atoms with Gasteiger partial charge < -0.3 is 19.5 Å². The smallest absolute Gasteiger partial charge is 0.337 e. The molecule has 0 aliphatic carbocycles. The Kier molecular flexibility index (Phi) is 9.03. The average molecular weight is 509 g/mol. The Balaban J connectivity index is 1.80. The Morgan fingerprint density at radius 1 is 1.08 bits per heavy atom. The number of carbonyl (C=O) groups excluding carboxylic acids is 2. The molecule has 0 bridgehead atoms. The van der Waals surface area contributed by atoms with Crippen molar-refractivity contribution in [3.8, 4) is 17.6 Å². The fourth-order valence-corrected chi connectivity index (χ4v) is 3.41. The van der Waals surface area contributed by atoms with E-state index in [2.05, 4.69) is 10.1 Å². The van der Waals surface area contributed by atoms with Crippen molar-refractivity contribution in [3.63, 3.8) is 0 Å². The molecule has 0 radical (unpaired) electrons. The minimum absolute atomic E-state index is 0.135. The van der Waals surface area contributed by atoms with Crippen molar-refractivity contribution in [2.45, 2.75) is 13.5 Å². The minimum Gasteiger partial charge on any atom is -0.490 e. The Bertz CT molecular complexity index is 1320. The van der Waals surface area contributed by atoms with Gasteiger partial charge in [0.2, 0.25) is 0 Å². The Hall–Kier alpha value is -4.35. The molecule has 0 unspecified atom stereocenters. The third-order valence-corrected chi connectivity index (χ3v) is 5.15. The van der Waals surface area contributed by atoms with Crippen LogP contribution >= 0.6 is 11.6 Å². The zero-order valence-corrected chi connectivity index (χ0v) is 20.3. The predicted molar refractivity (Wildman–Crippen MR) is 133 cm³/mol. The zero-order chi connectivity index (χ0) is 26.1. The number of nitrogens with one attached hydrogen (secondary N) is 1. The first-order chi connectivity index (χ1) is 17.3. The van der Waals surface area contributed by atoms with Crippen LogP contribution in [0.3, 0.4) is 0 Å². The number of hydrogen-bond acceptors (Lipinski definition) is 6. The topological polar surface area (TPSA) is 97.7 Å². The summed E-state index contributed by atoms with van der Waals surface area (Å²) in [7, 11) is 1.27. The highest BCUT2D eigenvalue weighted by molar-refractivity contribution is 6.32. The SMILES string of the molecule is CCOc1cc(/C=C(\C#N)C(=O)Nc2ccc(C(=O)OC)cc2)cc(Cl)c1OCc1ccc(F)cc1. The molecule has 9 heteroatoms. The van der Waals surface area contributed by atoms with E-state index in [0.29, 0.717) is 29.2 Å². The maximum absolute atomic E-state index is 13.1. The van der Waals surface area contributed by atoms with Gasteiger partial charge >= 0.3 is 5.97 Å². The van der Waals surface area contributed by atoms with Gasteiger partial charge in [0.25, 0.3) is 5.91 Å². The van der Waals surface area contributed by atoms with Crippen LogP contribution in [0.15, 0.2) is 66.2 Å². The summed E-state index contributed by atoms with van der Waals surface area (Å²) in [5.41, 5.74) is 1.73. The molecule has 3 aromatic rings. The van der Waals surface area contributed by atoms with Gasteiger partial charge in [-0.1, -0.05) is 23.7 Å². The lowest BCUT2D eigenvalue weighted by Gasteiger charge is -2.15. The molecule has 3 aromatic carbocycles. The van der Waals surface area contributed by atoms with Gasteiger partial charge in [-0.2, -0.15) is 5.26 Å². The molecule has 0 heterocycles. The van der Waals surface area contributed by atoms with Crippen molar-refractivity contribution in [2.75, 3.05) is 19.0 Å². The fourth-order valence-electron chi connectivity index (χ4n) is 3.13. The first kappa shape index (κ1) is 26.3. The van der Waals surface area contributed by atoms with E-state index in [1.807, 2.05) is 6.07 Å². The lowest BCUT2D eigenvalue weighted by molar-refractivity contribution is -0.112. The van der Waals surface area contributed by atoms with Crippen LogP contribution in [-0.4, -0.2) is 25.6 Å². The summed E-state index contributed by atoms with van der Waals surface area (Å²) in [5.74, 6) is -0.881. The van der Waals surface area contributed by atoms with E-state index >= 15 is 0 Å². The second kappa shape index (κ2) is 12.4. The van der Waals surface area contributed by atoms with Crippen molar-refractivity contribution in [2.24, 2.45) is 0 Å². The van der Waals surface area contributed by atoms with E-state index in [-0.39, 0.29) is 28.8 Å². The number of ether oxygens (including phenoxy) is 3. The predicted octanol–water partition coefficient (Wildman–Crippen LogP) is 5.79. The maximum Gasteiger partial charge on any atom is 0.337 e. The first-order valence-electron chi connectivity index (χ1n) is 10.8. The van der Waals surface area contributed by atoms with E-state index in [1.54, 1.807) is 31.2 Å². The molecular weight excluding hydrogens is 487 g/mol. The second-order valence-electron chi connectivity index (χ2n) is 7.37. The van der Waals surface area contributed by atoms with Crippen LogP contribution in [0.25, 0.3) is 6.08 Å². The summed E-state index contributed by atoms with van der Waals surface area (Å²) in [6, 6.07) is 16.9. The monoisotopic (exact) mass is 508 g/mol. The van der Waals surface area contributed by atoms with Gasteiger partial charge in [0.05, 0.1) is 24.3 Å². The molecule has 0 aliphatic heterocycles. The number of halogens is 2. The zero-order valence-electron chi connectivity index (χ0n) is 19.5. The van der Waals surface area contributed by atoms with Crippen LogP contribution in [0.2, 0.25) is 5.02 Å². The van der Waals surface area contributed by atoms with Gasteiger partial charge in [0, 0.05) is 5.69 Å². The highest BCUT2D eigenvalue weighted by Gasteiger charge is 2.15. The number of nitriles is 1. The molecule has 1 amide bonds. The number of carbonyl (C=O) groups is 2. The van der Waals surface area contributed by atoms with Crippen molar-refractivity contribution in [1.82, 2.24) is 0 Å². The summed E-state index contributed by atoms with van der Waals surface area (Å²) in [5, 5.41) is 12.4. The van der Waals surface area contributed by atoms with Gasteiger partial charge in [-0.15, -0.1) is 0 Å². The van der Waals surface area contributed by atoms with E-state index in [9.17, 15) is 19.2 Å². The molecular formula is C27H22ClFN2O5. The lowest BCUT2D eigenvalue weighted by Crippen LogP contribution is -2.13. The van der Waals surface area contributed by atoms with Crippen molar-refractivity contribution < 1.29 is 28.2 Å². The lowest BCUT2D eigenvalue weighted by atomic mass is 10.1. The van der Waals surface area contributed by atoms with E-state index in [4.69, 9.17) is 21.1 Å². The quantitative estimate of drug-likeness (QED) is 0.223. The van der Waals surface area contributed by atoms with E-state index in [0.717, 1.165) is 5.56 Å². The largest absolute Gasteiger partial charge is 0.490 e.